The Balaban J connectivity index is 2.05. The van der Waals surface area contributed by atoms with Gasteiger partial charge in [-0.25, -0.2) is 8.78 Å². The molecule has 27 heavy (non-hydrogen) atoms. The third-order valence-corrected chi connectivity index (χ3v) is 4.57. The summed E-state index contributed by atoms with van der Waals surface area (Å²) in [5.41, 5.74) is 0.861. The van der Waals surface area contributed by atoms with Crippen LogP contribution in [0.5, 0.6) is 11.5 Å². The van der Waals surface area contributed by atoms with Gasteiger partial charge in [0.15, 0.2) is 17.3 Å². The van der Waals surface area contributed by atoms with Crippen LogP contribution < -0.4 is 14.8 Å². The maximum absolute atomic E-state index is 13.9. The molecular formula is C19H21BrF2N2O3. The Bertz CT molecular complexity index is 795. The molecule has 0 aliphatic heterocycles. The third kappa shape index (κ3) is 5.64. The topological polar surface area (TPSA) is 50.8 Å². The highest BCUT2D eigenvalue weighted by Gasteiger charge is 2.16. The van der Waals surface area contributed by atoms with Crippen LogP contribution in [0.25, 0.3) is 0 Å². The zero-order valence-corrected chi connectivity index (χ0v) is 16.9. The van der Waals surface area contributed by atoms with Crippen molar-refractivity contribution in [2.45, 2.75) is 13.5 Å². The van der Waals surface area contributed by atoms with Crippen molar-refractivity contribution in [2.75, 3.05) is 32.6 Å². The summed E-state index contributed by atoms with van der Waals surface area (Å²) in [6.45, 7) is 3.07. The molecule has 0 atom stereocenters. The third-order valence-electron chi connectivity index (χ3n) is 3.94. The van der Waals surface area contributed by atoms with E-state index in [4.69, 9.17) is 9.47 Å². The summed E-state index contributed by atoms with van der Waals surface area (Å²) >= 11 is 3.06. The average molecular weight is 443 g/mol. The summed E-state index contributed by atoms with van der Waals surface area (Å²) in [5, 5.41) is 2.48. The normalized spacial score (nSPS) is 10.8. The van der Waals surface area contributed by atoms with Crippen LogP contribution in [-0.2, 0) is 11.3 Å². The highest BCUT2D eigenvalue weighted by atomic mass is 79.9. The van der Waals surface area contributed by atoms with Gasteiger partial charge in [-0.2, -0.15) is 0 Å². The van der Waals surface area contributed by atoms with Crippen molar-refractivity contribution < 1.29 is 23.0 Å². The van der Waals surface area contributed by atoms with Gasteiger partial charge in [0.05, 0.1) is 26.5 Å². The van der Waals surface area contributed by atoms with Crippen LogP contribution in [0.2, 0.25) is 0 Å². The summed E-state index contributed by atoms with van der Waals surface area (Å²) < 4.78 is 37.7. The molecule has 0 spiro atoms. The number of nitrogens with one attached hydrogen (secondary N) is 1. The Hall–Kier alpha value is -2.19. The van der Waals surface area contributed by atoms with E-state index in [-0.39, 0.29) is 16.7 Å². The number of rotatable bonds is 8. The lowest BCUT2D eigenvalue weighted by Gasteiger charge is -2.21. The number of methoxy groups -OCH3 is 2. The van der Waals surface area contributed by atoms with Gasteiger partial charge in [-0.05, 0) is 46.2 Å². The van der Waals surface area contributed by atoms with Gasteiger partial charge in [0.1, 0.15) is 5.82 Å². The van der Waals surface area contributed by atoms with Crippen LogP contribution in [0.4, 0.5) is 14.5 Å². The van der Waals surface area contributed by atoms with Gasteiger partial charge in [0.25, 0.3) is 0 Å². The van der Waals surface area contributed by atoms with Crippen LogP contribution in [0, 0.1) is 11.6 Å². The van der Waals surface area contributed by atoms with Crippen LogP contribution in [0.1, 0.15) is 12.5 Å². The summed E-state index contributed by atoms with van der Waals surface area (Å²) in [6, 6.07) is 7.35. The van der Waals surface area contributed by atoms with Gasteiger partial charge in [-0.3, -0.25) is 9.69 Å². The molecule has 5 nitrogen and oxygen atoms in total. The van der Waals surface area contributed by atoms with Crippen LogP contribution in [0.3, 0.4) is 0 Å². The number of carbonyl (C=O) groups is 1. The summed E-state index contributed by atoms with van der Waals surface area (Å²) in [4.78, 5) is 14.2. The molecule has 1 amide bonds. The maximum Gasteiger partial charge on any atom is 0.238 e. The lowest BCUT2D eigenvalue weighted by atomic mass is 10.2. The van der Waals surface area contributed by atoms with E-state index in [1.54, 1.807) is 20.3 Å². The van der Waals surface area contributed by atoms with E-state index in [9.17, 15) is 13.6 Å². The number of hydrogen-bond acceptors (Lipinski definition) is 4. The van der Waals surface area contributed by atoms with E-state index in [1.807, 2.05) is 24.0 Å². The molecule has 0 saturated heterocycles. The second-order valence-electron chi connectivity index (χ2n) is 5.79. The first-order chi connectivity index (χ1) is 12.9. The van der Waals surface area contributed by atoms with E-state index >= 15 is 0 Å². The largest absolute Gasteiger partial charge is 0.493 e. The number of benzene rings is 2. The Morgan fingerprint density at radius 2 is 1.85 bits per heavy atom. The van der Waals surface area contributed by atoms with Gasteiger partial charge < -0.3 is 14.8 Å². The van der Waals surface area contributed by atoms with Crippen molar-refractivity contribution in [1.82, 2.24) is 4.90 Å². The summed E-state index contributed by atoms with van der Waals surface area (Å²) in [5.74, 6) is -0.728. The zero-order valence-electron chi connectivity index (χ0n) is 15.3. The zero-order chi connectivity index (χ0) is 20.0. The first-order valence-corrected chi connectivity index (χ1v) is 9.04. The van der Waals surface area contributed by atoms with Gasteiger partial charge in [0, 0.05) is 17.1 Å². The Morgan fingerprint density at radius 1 is 1.15 bits per heavy atom. The maximum atomic E-state index is 13.9. The number of carbonyl (C=O) groups excluding carboxylic acids is 1. The van der Waals surface area contributed by atoms with Crippen LogP contribution in [-0.4, -0.2) is 38.1 Å². The SMILES string of the molecule is CCN(CC(=O)Nc1c(F)cc(F)cc1Br)Cc1ccc(OC)c(OC)c1. The fraction of sp³-hybridized carbons (Fsp3) is 0.316. The molecule has 0 heterocycles. The van der Waals surface area contributed by atoms with Crippen molar-refractivity contribution in [3.8, 4) is 11.5 Å². The standard InChI is InChI=1S/C19H21BrF2N2O3/c1-4-24(10-12-5-6-16(26-2)17(7-12)27-3)11-18(25)23-19-14(20)8-13(21)9-15(19)22/h5-9H,4,10-11H2,1-3H3,(H,23,25). The lowest BCUT2D eigenvalue weighted by molar-refractivity contribution is -0.117. The number of likely N-dealkylation sites (N-methyl/N-ethyl adjacent to an activating group) is 1. The molecule has 2 rings (SSSR count). The van der Waals surface area contributed by atoms with Crippen LogP contribution >= 0.6 is 15.9 Å². The number of anilines is 1. The molecule has 0 saturated carbocycles. The highest BCUT2D eigenvalue weighted by Crippen LogP contribution is 2.28. The number of amides is 1. The first kappa shape index (κ1) is 21.1. The van der Waals surface area contributed by atoms with E-state index < -0.39 is 17.5 Å². The summed E-state index contributed by atoms with van der Waals surface area (Å²) in [6.07, 6.45) is 0. The van der Waals surface area contributed by atoms with Gasteiger partial charge in [0.2, 0.25) is 5.91 Å². The molecular weight excluding hydrogens is 422 g/mol. The fourth-order valence-electron chi connectivity index (χ4n) is 2.56. The molecule has 2 aromatic rings. The van der Waals surface area contributed by atoms with E-state index in [0.717, 1.165) is 17.7 Å². The predicted octanol–water partition coefficient (Wildman–Crippen LogP) is 4.21. The molecule has 0 bridgehead atoms. The number of nitrogens with zero attached hydrogens (tertiary/aromatic N) is 1. The number of hydrogen-bond donors (Lipinski definition) is 1. The Kier molecular flexibility index (Phi) is 7.55. The van der Waals surface area contributed by atoms with Gasteiger partial charge in [-0.1, -0.05) is 13.0 Å². The second-order valence-corrected chi connectivity index (χ2v) is 6.64. The Labute approximate surface area is 165 Å². The fourth-order valence-corrected chi connectivity index (χ4v) is 3.07. The number of ether oxygens (including phenoxy) is 2. The predicted molar refractivity (Wildman–Crippen MR) is 103 cm³/mol. The Morgan fingerprint density at radius 3 is 2.44 bits per heavy atom. The summed E-state index contributed by atoms with van der Waals surface area (Å²) in [7, 11) is 3.12. The molecule has 1 N–H and O–H groups in total. The first-order valence-electron chi connectivity index (χ1n) is 8.25. The number of halogens is 3. The molecule has 8 heteroatoms. The minimum Gasteiger partial charge on any atom is -0.493 e. The van der Waals surface area contributed by atoms with Crippen LogP contribution in [0.15, 0.2) is 34.8 Å². The van der Waals surface area contributed by atoms with Crippen molar-refractivity contribution in [2.24, 2.45) is 0 Å². The second kappa shape index (κ2) is 9.66. The molecule has 0 aromatic heterocycles. The van der Waals surface area contributed by atoms with E-state index in [1.165, 1.54) is 0 Å². The van der Waals surface area contributed by atoms with Crippen molar-refractivity contribution >= 4 is 27.5 Å². The van der Waals surface area contributed by atoms with Gasteiger partial charge >= 0.3 is 0 Å². The monoisotopic (exact) mass is 442 g/mol. The molecule has 2 aromatic carbocycles. The molecule has 0 fully saturated rings. The molecule has 0 unspecified atom stereocenters. The van der Waals surface area contributed by atoms with Crippen molar-refractivity contribution in [1.29, 1.82) is 0 Å². The minimum atomic E-state index is -0.835. The molecule has 0 aliphatic rings. The average Bonchev–Trinajstić information content (AvgIpc) is 2.63. The van der Waals surface area contributed by atoms with Gasteiger partial charge in [-0.15, -0.1) is 0 Å². The van der Waals surface area contributed by atoms with Crippen molar-refractivity contribution in [3.05, 3.63) is 52.0 Å². The van der Waals surface area contributed by atoms with E-state index in [2.05, 4.69) is 21.2 Å². The minimum absolute atomic E-state index is 0.0497. The molecule has 0 radical (unpaired) electrons. The molecule has 146 valence electrons. The highest BCUT2D eigenvalue weighted by molar-refractivity contribution is 9.10. The van der Waals surface area contributed by atoms with E-state index in [0.29, 0.717) is 24.6 Å². The smallest absolute Gasteiger partial charge is 0.238 e. The quantitative estimate of drug-likeness (QED) is 0.665. The van der Waals surface area contributed by atoms with Crippen molar-refractivity contribution in [3.63, 3.8) is 0 Å². The molecule has 0 aliphatic carbocycles. The lowest BCUT2D eigenvalue weighted by Crippen LogP contribution is -2.33.